The number of benzene rings is 2. The largest absolute Gasteiger partial charge is 0.379 e. The Morgan fingerprint density at radius 2 is 1.53 bits per heavy atom. The quantitative estimate of drug-likeness (QED) is 0.523. The summed E-state index contributed by atoms with van der Waals surface area (Å²) in [4.78, 5) is 17.0. The SMILES string of the molecule is C=C(c1ccc(-c2cccc(CC(=C)C3(C)COC3)c2)cc1)N1CCN(C(=O)C2(C)CC2)CC1. The lowest BCUT2D eigenvalue weighted by molar-refractivity contribution is -0.137. The molecule has 1 amide bonds. The molecule has 3 aliphatic rings. The third-order valence-electron chi connectivity index (χ3n) is 8.06. The van der Waals surface area contributed by atoms with Gasteiger partial charge in [0.1, 0.15) is 0 Å². The highest BCUT2D eigenvalue weighted by Crippen LogP contribution is 2.46. The van der Waals surface area contributed by atoms with E-state index in [-0.39, 0.29) is 10.8 Å². The van der Waals surface area contributed by atoms with Gasteiger partial charge < -0.3 is 14.5 Å². The van der Waals surface area contributed by atoms with Crippen LogP contribution in [0, 0.1) is 10.8 Å². The molecule has 1 saturated carbocycles. The van der Waals surface area contributed by atoms with Crippen molar-refractivity contribution >= 4 is 11.6 Å². The van der Waals surface area contributed by atoms with E-state index in [1.807, 2.05) is 4.90 Å². The molecule has 5 rings (SSSR count). The van der Waals surface area contributed by atoms with E-state index in [4.69, 9.17) is 4.74 Å². The van der Waals surface area contributed by atoms with Crippen LogP contribution in [0.2, 0.25) is 0 Å². The second-order valence-electron chi connectivity index (χ2n) is 10.9. The standard InChI is InChI=1S/C30H36N2O2/c1-22(30(4)20-34-21-30)18-24-6-5-7-27(19-24)26-10-8-25(9-11-26)23(2)31-14-16-32(17-15-31)28(33)29(3)12-13-29/h5-11,19H,1-2,12-18,20-21H2,3-4H3. The van der Waals surface area contributed by atoms with Gasteiger partial charge in [0.15, 0.2) is 0 Å². The molecular formula is C30H36N2O2. The highest BCUT2D eigenvalue weighted by Gasteiger charge is 2.47. The summed E-state index contributed by atoms with van der Waals surface area (Å²) in [5.41, 5.74) is 7.17. The molecule has 4 heteroatoms. The lowest BCUT2D eigenvalue weighted by Crippen LogP contribution is -2.49. The molecule has 2 aromatic rings. The van der Waals surface area contributed by atoms with Crippen LogP contribution in [-0.4, -0.2) is 55.1 Å². The molecular weight excluding hydrogens is 420 g/mol. The first-order valence-electron chi connectivity index (χ1n) is 12.5. The minimum absolute atomic E-state index is 0.0802. The molecule has 2 heterocycles. The molecule has 4 nitrogen and oxygen atoms in total. The Balaban J connectivity index is 1.20. The summed E-state index contributed by atoms with van der Waals surface area (Å²) in [5.74, 6) is 0.336. The van der Waals surface area contributed by atoms with E-state index in [2.05, 4.69) is 80.4 Å². The highest BCUT2D eigenvalue weighted by atomic mass is 16.5. The fraction of sp³-hybridized carbons (Fsp3) is 0.433. The van der Waals surface area contributed by atoms with Gasteiger partial charge in [-0.1, -0.05) is 81.1 Å². The lowest BCUT2D eigenvalue weighted by atomic mass is 9.78. The van der Waals surface area contributed by atoms with Gasteiger partial charge in [0.25, 0.3) is 0 Å². The van der Waals surface area contributed by atoms with Crippen LogP contribution < -0.4 is 0 Å². The van der Waals surface area contributed by atoms with E-state index in [0.717, 1.165) is 69.9 Å². The van der Waals surface area contributed by atoms with Crippen molar-refractivity contribution < 1.29 is 9.53 Å². The summed E-state index contributed by atoms with van der Waals surface area (Å²) >= 11 is 0. The van der Waals surface area contributed by atoms with Crippen molar-refractivity contribution in [3.8, 4) is 11.1 Å². The molecule has 2 saturated heterocycles. The Hall–Kier alpha value is -2.85. The van der Waals surface area contributed by atoms with E-state index >= 15 is 0 Å². The van der Waals surface area contributed by atoms with Gasteiger partial charge in [0, 0.05) is 42.7 Å². The molecule has 0 spiro atoms. The number of nitrogens with zero attached hydrogens (tertiary/aromatic N) is 2. The molecule has 1 aliphatic carbocycles. The number of amides is 1. The number of ether oxygens (including phenoxy) is 1. The lowest BCUT2D eigenvalue weighted by Gasteiger charge is -2.40. The van der Waals surface area contributed by atoms with Crippen LogP contribution >= 0.6 is 0 Å². The highest BCUT2D eigenvalue weighted by molar-refractivity contribution is 5.85. The second-order valence-corrected chi connectivity index (χ2v) is 10.9. The molecule has 0 aromatic heterocycles. The zero-order valence-corrected chi connectivity index (χ0v) is 20.6. The summed E-state index contributed by atoms with van der Waals surface area (Å²) in [5, 5.41) is 0. The molecule has 0 N–H and O–H groups in total. The van der Waals surface area contributed by atoms with E-state index in [9.17, 15) is 4.79 Å². The van der Waals surface area contributed by atoms with Crippen molar-refractivity contribution in [2.45, 2.75) is 33.1 Å². The topological polar surface area (TPSA) is 32.8 Å². The van der Waals surface area contributed by atoms with Crippen LogP contribution in [0.5, 0.6) is 0 Å². The van der Waals surface area contributed by atoms with Crippen LogP contribution in [-0.2, 0) is 16.0 Å². The number of hydrogen-bond acceptors (Lipinski definition) is 3. The van der Waals surface area contributed by atoms with Gasteiger partial charge in [0.2, 0.25) is 5.91 Å². The summed E-state index contributed by atoms with van der Waals surface area (Å²) in [6.07, 6.45) is 2.96. The van der Waals surface area contributed by atoms with Gasteiger partial charge in [-0.25, -0.2) is 0 Å². The van der Waals surface area contributed by atoms with Gasteiger partial charge in [-0.05, 0) is 41.5 Å². The first-order chi connectivity index (χ1) is 16.3. The first-order valence-corrected chi connectivity index (χ1v) is 12.5. The maximum Gasteiger partial charge on any atom is 0.228 e. The normalized spacial score (nSPS) is 20.4. The van der Waals surface area contributed by atoms with Crippen LogP contribution in [0.25, 0.3) is 16.8 Å². The molecule has 2 aromatic carbocycles. The molecule has 3 fully saturated rings. The van der Waals surface area contributed by atoms with Crippen molar-refractivity contribution in [1.29, 1.82) is 0 Å². The minimum atomic E-state index is -0.0802. The number of rotatable bonds is 7. The second kappa shape index (κ2) is 8.74. The predicted molar refractivity (Wildman–Crippen MR) is 138 cm³/mol. The van der Waals surface area contributed by atoms with Crippen molar-refractivity contribution in [3.05, 3.63) is 78.4 Å². The number of carbonyl (C=O) groups excluding carboxylic acids is 1. The zero-order chi connectivity index (χ0) is 23.9. The van der Waals surface area contributed by atoms with Crippen molar-refractivity contribution in [2.75, 3.05) is 39.4 Å². The van der Waals surface area contributed by atoms with Crippen LogP contribution in [0.1, 0.15) is 37.8 Å². The number of piperazine rings is 1. The van der Waals surface area contributed by atoms with Crippen molar-refractivity contribution in [2.24, 2.45) is 10.8 Å². The molecule has 34 heavy (non-hydrogen) atoms. The van der Waals surface area contributed by atoms with Crippen LogP contribution in [0.3, 0.4) is 0 Å². The number of carbonyl (C=O) groups is 1. The van der Waals surface area contributed by atoms with E-state index < -0.39 is 0 Å². The van der Waals surface area contributed by atoms with Gasteiger partial charge in [-0.15, -0.1) is 0 Å². The van der Waals surface area contributed by atoms with Gasteiger partial charge >= 0.3 is 0 Å². The minimum Gasteiger partial charge on any atom is -0.379 e. The van der Waals surface area contributed by atoms with Crippen LogP contribution in [0.4, 0.5) is 0 Å². The number of hydrogen-bond donors (Lipinski definition) is 0. The average Bonchev–Trinajstić information content (AvgIpc) is 3.60. The third kappa shape index (κ3) is 4.44. The summed E-state index contributed by atoms with van der Waals surface area (Å²) in [6.45, 7) is 17.9. The maximum atomic E-state index is 12.6. The molecule has 0 unspecified atom stereocenters. The molecule has 178 valence electrons. The average molecular weight is 457 g/mol. The Morgan fingerprint density at radius 3 is 2.12 bits per heavy atom. The zero-order valence-electron chi connectivity index (χ0n) is 20.6. The third-order valence-corrected chi connectivity index (χ3v) is 8.06. The Kier molecular flexibility index (Phi) is 5.89. The molecule has 0 bridgehead atoms. The first kappa shape index (κ1) is 22.9. The van der Waals surface area contributed by atoms with Crippen LogP contribution in [0.15, 0.2) is 67.3 Å². The van der Waals surface area contributed by atoms with Gasteiger partial charge in [-0.3, -0.25) is 4.79 Å². The van der Waals surface area contributed by atoms with E-state index in [0.29, 0.717) is 5.91 Å². The summed E-state index contributed by atoms with van der Waals surface area (Å²) in [7, 11) is 0. The van der Waals surface area contributed by atoms with Gasteiger partial charge in [0.05, 0.1) is 13.2 Å². The Morgan fingerprint density at radius 1 is 0.882 bits per heavy atom. The van der Waals surface area contributed by atoms with E-state index in [1.165, 1.54) is 22.3 Å². The summed E-state index contributed by atoms with van der Waals surface area (Å²) < 4.78 is 5.41. The molecule has 0 atom stereocenters. The van der Waals surface area contributed by atoms with Crippen molar-refractivity contribution in [3.63, 3.8) is 0 Å². The Labute approximate surface area is 203 Å². The fourth-order valence-corrected chi connectivity index (χ4v) is 4.93. The summed E-state index contributed by atoms with van der Waals surface area (Å²) in [6, 6.07) is 17.5. The fourth-order valence-electron chi connectivity index (χ4n) is 4.93. The maximum absolute atomic E-state index is 12.6. The molecule has 0 radical (unpaired) electrons. The molecule has 2 aliphatic heterocycles. The monoisotopic (exact) mass is 456 g/mol. The Bertz CT molecular complexity index is 1100. The van der Waals surface area contributed by atoms with Crippen molar-refractivity contribution in [1.82, 2.24) is 9.80 Å². The predicted octanol–water partition coefficient (Wildman–Crippen LogP) is 5.40. The van der Waals surface area contributed by atoms with Gasteiger partial charge in [-0.2, -0.15) is 0 Å². The smallest absolute Gasteiger partial charge is 0.228 e. The van der Waals surface area contributed by atoms with E-state index in [1.54, 1.807) is 0 Å².